The number of halogens is 4. The summed E-state index contributed by atoms with van der Waals surface area (Å²) in [6.45, 7) is 4.95. The van der Waals surface area contributed by atoms with Gasteiger partial charge in [-0.25, -0.2) is 4.99 Å². The van der Waals surface area contributed by atoms with Crippen LogP contribution in [0, 0.1) is 5.92 Å². The number of alkyl halides is 3. The van der Waals surface area contributed by atoms with Crippen LogP contribution in [-0.4, -0.2) is 54.0 Å². The molecule has 1 aliphatic heterocycles. The van der Waals surface area contributed by atoms with Crippen molar-refractivity contribution in [2.45, 2.75) is 38.9 Å². The fraction of sp³-hybridized carbons (Fsp3) is 0.765. The first-order chi connectivity index (χ1) is 12.3. The fourth-order valence-electron chi connectivity index (χ4n) is 3.04. The van der Waals surface area contributed by atoms with Gasteiger partial charge in [-0.3, -0.25) is 4.68 Å². The van der Waals surface area contributed by atoms with Gasteiger partial charge in [0, 0.05) is 52.2 Å². The smallest absolute Gasteiger partial charge is 0.381 e. The molecule has 1 fully saturated rings. The Bertz CT molecular complexity index is 600. The number of nitrogens with zero attached hydrogens (tertiary/aromatic N) is 4. The molecule has 0 aromatic carbocycles. The molecule has 0 radical (unpaired) electrons. The first-order valence-corrected chi connectivity index (χ1v) is 8.98. The van der Waals surface area contributed by atoms with E-state index in [-0.39, 0.29) is 36.1 Å². The molecule has 0 spiro atoms. The van der Waals surface area contributed by atoms with Crippen LogP contribution >= 0.6 is 24.0 Å². The predicted octanol–water partition coefficient (Wildman–Crippen LogP) is 3.27. The van der Waals surface area contributed by atoms with Crippen LogP contribution in [0.4, 0.5) is 13.2 Å². The summed E-state index contributed by atoms with van der Waals surface area (Å²) in [4.78, 5) is 6.36. The van der Waals surface area contributed by atoms with E-state index in [0.717, 1.165) is 39.0 Å². The van der Waals surface area contributed by atoms with Crippen LogP contribution in [-0.2, 0) is 24.5 Å². The lowest BCUT2D eigenvalue weighted by Gasteiger charge is -2.26. The van der Waals surface area contributed by atoms with Crippen molar-refractivity contribution in [1.82, 2.24) is 20.0 Å². The van der Waals surface area contributed by atoms with E-state index >= 15 is 0 Å². The van der Waals surface area contributed by atoms with Gasteiger partial charge in [-0.05, 0) is 32.1 Å². The predicted molar refractivity (Wildman–Crippen MR) is 109 cm³/mol. The van der Waals surface area contributed by atoms with Gasteiger partial charge in [-0.15, -0.1) is 24.0 Å². The molecule has 6 nitrogen and oxygen atoms in total. The van der Waals surface area contributed by atoms with Crippen LogP contribution < -0.4 is 5.32 Å². The van der Waals surface area contributed by atoms with Gasteiger partial charge in [0.1, 0.15) is 0 Å². The van der Waals surface area contributed by atoms with Gasteiger partial charge >= 0.3 is 6.18 Å². The lowest BCUT2D eigenvalue weighted by atomic mass is 9.96. The van der Waals surface area contributed by atoms with Gasteiger partial charge in [-0.2, -0.15) is 18.3 Å². The highest BCUT2D eigenvalue weighted by atomic mass is 127. The van der Waals surface area contributed by atoms with E-state index in [1.165, 1.54) is 17.9 Å². The summed E-state index contributed by atoms with van der Waals surface area (Å²) in [6.07, 6.45) is 0.0423. The Kier molecular flexibility index (Phi) is 9.85. The Morgan fingerprint density at radius 3 is 2.67 bits per heavy atom. The van der Waals surface area contributed by atoms with Crippen LogP contribution in [0.1, 0.15) is 37.4 Å². The molecule has 0 aliphatic carbocycles. The molecule has 2 rings (SSSR count). The van der Waals surface area contributed by atoms with E-state index < -0.39 is 11.9 Å². The summed E-state index contributed by atoms with van der Waals surface area (Å²) in [5.41, 5.74) is -0.794. The van der Waals surface area contributed by atoms with Crippen LogP contribution in [0.2, 0.25) is 0 Å². The summed E-state index contributed by atoms with van der Waals surface area (Å²) in [5.74, 6) is 1.24. The zero-order chi connectivity index (χ0) is 19.2. The van der Waals surface area contributed by atoms with Gasteiger partial charge in [0.2, 0.25) is 0 Å². The summed E-state index contributed by atoms with van der Waals surface area (Å²) in [5, 5.41) is 6.67. The topological polar surface area (TPSA) is 54.7 Å². The molecule has 0 bridgehead atoms. The monoisotopic (exact) mass is 503 g/mol. The third kappa shape index (κ3) is 7.47. The van der Waals surface area contributed by atoms with Crippen molar-refractivity contribution in [2.24, 2.45) is 18.0 Å². The maximum absolute atomic E-state index is 13.1. The van der Waals surface area contributed by atoms with Crippen molar-refractivity contribution < 1.29 is 17.9 Å². The zero-order valence-corrected chi connectivity index (χ0v) is 18.4. The lowest BCUT2D eigenvalue weighted by Crippen LogP contribution is -2.40. The van der Waals surface area contributed by atoms with Crippen molar-refractivity contribution in [1.29, 1.82) is 0 Å². The second kappa shape index (κ2) is 11.1. The molecule has 156 valence electrons. The second-order valence-electron chi connectivity index (χ2n) is 6.61. The van der Waals surface area contributed by atoms with E-state index in [4.69, 9.17) is 4.74 Å². The maximum atomic E-state index is 13.1. The minimum Gasteiger partial charge on any atom is -0.381 e. The summed E-state index contributed by atoms with van der Waals surface area (Å²) >= 11 is 0. The van der Waals surface area contributed by atoms with Crippen molar-refractivity contribution >= 4 is 29.9 Å². The van der Waals surface area contributed by atoms with E-state index in [9.17, 15) is 13.2 Å². The Balaban J connectivity index is 0.00000364. The van der Waals surface area contributed by atoms with Crippen molar-refractivity contribution in [2.75, 3.05) is 33.4 Å². The Morgan fingerprint density at radius 1 is 1.41 bits per heavy atom. The maximum Gasteiger partial charge on any atom is 0.435 e. The molecular weight excluding hydrogens is 474 g/mol. The zero-order valence-electron chi connectivity index (χ0n) is 16.1. The fourth-order valence-corrected chi connectivity index (χ4v) is 3.04. The molecule has 1 aromatic rings. The Hall–Kier alpha value is -1.04. The van der Waals surface area contributed by atoms with E-state index in [1.807, 2.05) is 18.9 Å². The largest absolute Gasteiger partial charge is 0.435 e. The van der Waals surface area contributed by atoms with E-state index in [1.54, 1.807) is 0 Å². The van der Waals surface area contributed by atoms with Gasteiger partial charge in [-0.1, -0.05) is 0 Å². The van der Waals surface area contributed by atoms with E-state index in [0.29, 0.717) is 18.4 Å². The number of hydrogen-bond donors (Lipinski definition) is 1. The van der Waals surface area contributed by atoms with Gasteiger partial charge < -0.3 is 15.0 Å². The van der Waals surface area contributed by atoms with Crippen LogP contribution in [0.15, 0.2) is 11.2 Å². The van der Waals surface area contributed by atoms with Gasteiger partial charge in [0.25, 0.3) is 0 Å². The molecular formula is C17H29F3IN5O. The average molecular weight is 503 g/mol. The van der Waals surface area contributed by atoms with Gasteiger partial charge in [0.15, 0.2) is 11.7 Å². The normalized spacial score (nSPS) is 16.1. The highest BCUT2D eigenvalue weighted by Gasteiger charge is 2.36. The Morgan fingerprint density at radius 2 is 2.07 bits per heavy atom. The number of hydrogen-bond acceptors (Lipinski definition) is 3. The third-order valence-corrected chi connectivity index (χ3v) is 4.48. The molecule has 2 heterocycles. The molecule has 0 saturated carbocycles. The van der Waals surface area contributed by atoms with Crippen LogP contribution in [0.5, 0.6) is 0 Å². The first-order valence-electron chi connectivity index (χ1n) is 8.98. The third-order valence-electron chi connectivity index (χ3n) is 4.48. The van der Waals surface area contributed by atoms with Crippen LogP contribution in [0.3, 0.4) is 0 Å². The molecule has 27 heavy (non-hydrogen) atoms. The molecule has 10 heteroatoms. The minimum atomic E-state index is -4.47. The molecule has 1 aliphatic rings. The first kappa shape index (κ1) is 24.0. The molecule has 1 saturated heterocycles. The molecule has 0 amide bonds. The highest BCUT2D eigenvalue weighted by Crippen LogP contribution is 2.30. The molecule has 1 N–H and O–H groups in total. The van der Waals surface area contributed by atoms with Crippen molar-refractivity contribution in [3.63, 3.8) is 0 Å². The molecule has 0 unspecified atom stereocenters. The number of aryl methyl sites for hydroxylation is 1. The number of guanidine groups is 1. The average Bonchev–Trinajstić information content (AvgIpc) is 2.98. The standard InChI is InChI=1S/C17H28F3N5O.HI/c1-4-21-16(24(2)8-5-13-6-9-26-10-7-13)22-11-14-12-25(3)23-15(14)17(18,19)20;/h12-13H,4-11H2,1-3H3,(H,21,22);1H. The number of ether oxygens (including phenoxy) is 1. The number of rotatable bonds is 6. The number of nitrogens with one attached hydrogen (secondary N) is 1. The number of aromatic nitrogens is 2. The van der Waals surface area contributed by atoms with Crippen molar-refractivity contribution in [3.05, 3.63) is 17.5 Å². The Labute approximate surface area is 175 Å². The minimum absolute atomic E-state index is 0. The lowest BCUT2D eigenvalue weighted by molar-refractivity contribution is -0.142. The molecule has 0 atom stereocenters. The summed E-state index contributed by atoms with van der Waals surface area (Å²) in [6, 6.07) is 0. The second-order valence-corrected chi connectivity index (χ2v) is 6.61. The van der Waals surface area contributed by atoms with E-state index in [2.05, 4.69) is 15.4 Å². The van der Waals surface area contributed by atoms with Crippen LogP contribution in [0.25, 0.3) is 0 Å². The quantitative estimate of drug-likeness (QED) is 0.368. The SMILES string of the molecule is CCNC(=NCc1cn(C)nc1C(F)(F)F)N(C)CCC1CCOCC1.I. The highest BCUT2D eigenvalue weighted by molar-refractivity contribution is 14.0. The van der Waals surface area contributed by atoms with Gasteiger partial charge in [0.05, 0.1) is 6.54 Å². The summed E-state index contributed by atoms with van der Waals surface area (Å²) in [7, 11) is 3.39. The molecule has 1 aromatic heterocycles. The summed E-state index contributed by atoms with van der Waals surface area (Å²) < 4.78 is 45.7. The number of aliphatic imine (C=N–C) groups is 1. The van der Waals surface area contributed by atoms with Crippen molar-refractivity contribution in [3.8, 4) is 0 Å².